The third-order valence-electron chi connectivity index (χ3n) is 6.56. The molecule has 0 aliphatic rings. The van der Waals surface area contributed by atoms with Gasteiger partial charge in [-0.05, 0) is 65.1 Å². The van der Waals surface area contributed by atoms with E-state index in [1.54, 1.807) is 0 Å². The maximum Gasteiger partial charge on any atom is 0.213 e. The number of aryl methyl sites for hydroxylation is 3. The van der Waals surface area contributed by atoms with Gasteiger partial charge in [0.25, 0.3) is 0 Å². The molecule has 0 aliphatic heterocycles. The quantitative estimate of drug-likeness (QED) is 0.268. The first-order valence-corrected chi connectivity index (χ1v) is 11.0. The van der Waals surface area contributed by atoms with E-state index < -0.39 is 0 Å². The Morgan fingerprint density at radius 2 is 1.38 bits per heavy atom. The largest absolute Gasteiger partial charge is 0.456 e. The van der Waals surface area contributed by atoms with Crippen molar-refractivity contribution in [1.82, 2.24) is 0 Å². The van der Waals surface area contributed by atoms with Crippen molar-refractivity contribution in [2.45, 2.75) is 13.8 Å². The van der Waals surface area contributed by atoms with Crippen molar-refractivity contribution in [2.75, 3.05) is 0 Å². The van der Waals surface area contributed by atoms with Gasteiger partial charge >= 0.3 is 0 Å². The molecule has 2 aromatic heterocycles. The van der Waals surface area contributed by atoms with Gasteiger partial charge in [0.15, 0.2) is 6.20 Å². The highest BCUT2D eigenvalue weighted by molar-refractivity contribution is 6.20. The van der Waals surface area contributed by atoms with Crippen LogP contribution in [0.4, 0.5) is 0 Å². The fourth-order valence-corrected chi connectivity index (χ4v) is 4.89. The van der Waals surface area contributed by atoms with E-state index in [0.29, 0.717) is 0 Å². The minimum absolute atomic E-state index is 0.932. The van der Waals surface area contributed by atoms with E-state index in [2.05, 4.69) is 117 Å². The summed E-state index contributed by atoms with van der Waals surface area (Å²) >= 11 is 0. The summed E-state index contributed by atoms with van der Waals surface area (Å²) in [6.45, 7) is 4.35. The molecule has 0 N–H and O–H groups in total. The van der Waals surface area contributed by atoms with Crippen molar-refractivity contribution < 1.29 is 8.98 Å². The SMILES string of the molecule is Cc1cc2c(cc1-c1cc(-c3ccccc3)cc[n+]1C)oc1cc(C)c3ccccc3c12. The van der Waals surface area contributed by atoms with Gasteiger partial charge in [-0.2, -0.15) is 0 Å². The molecule has 0 bridgehead atoms. The van der Waals surface area contributed by atoms with Crippen molar-refractivity contribution in [1.29, 1.82) is 0 Å². The van der Waals surface area contributed by atoms with Crippen LogP contribution in [-0.2, 0) is 7.05 Å². The van der Waals surface area contributed by atoms with Crippen LogP contribution in [0.15, 0.2) is 95.5 Å². The molecule has 0 radical (unpaired) electrons. The van der Waals surface area contributed by atoms with Gasteiger partial charge in [-0.1, -0.05) is 54.6 Å². The zero-order valence-electron chi connectivity index (χ0n) is 18.5. The molecule has 0 atom stereocenters. The molecule has 32 heavy (non-hydrogen) atoms. The minimum atomic E-state index is 0.932. The summed E-state index contributed by atoms with van der Waals surface area (Å²) in [6, 6.07) is 30.2. The summed E-state index contributed by atoms with van der Waals surface area (Å²) < 4.78 is 8.59. The molecular formula is C30H24NO+. The van der Waals surface area contributed by atoms with Crippen LogP contribution in [0.5, 0.6) is 0 Å². The number of aromatic nitrogens is 1. The predicted molar refractivity (Wildman–Crippen MR) is 133 cm³/mol. The van der Waals surface area contributed by atoms with Gasteiger partial charge in [0.2, 0.25) is 5.69 Å². The molecule has 0 spiro atoms. The molecule has 154 valence electrons. The monoisotopic (exact) mass is 414 g/mol. The molecule has 0 aliphatic carbocycles. The van der Waals surface area contributed by atoms with E-state index in [-0.39, 0.29) is 0 Å². The molecule has 6 rings (SSSR count). The fourth-order valence-electron chi connectivity index (χ4n) is 4.89. The molecule has 2 nitrogen and oxygen atoms in total. The topological polar surface area (TPSA) is 17.0 Å². The van der Waals surface area contributed by atoms with E-state index in [1.807, 2.05) is 0 Å². The Morgan fingerprint density at radius 1 is 0.625 bits per heavy atom. The number of rotatable bonds is 2. The van der Waals surface area contributed by atoms with Crippen molar-refractivity contribution in [3.05, 3.63) is 102 Å². The lowest BCUT2D eigenvalue weighted by Gasteiger charge is -2.08. The lowest BCUT2D eigenvalue weighted by molar-refractivity contribution is -0.660. The van der Waals surface area contributed by atoms with Gasteiger partial charge in [-0.25, -0.2) is 4.57 Å². The Kier molecular flexibility index (Phi) is 4.16. The number of hydrogen-bond donors (Lipinski definition) is 0. The molecule has 0 saturated carbocycles. The second kappa shape index (κ2) is 7.06. The summed E-state index contributed by atoms with van der Waals surface area (Å²) in [5, 5.41) is 4.93. The fraction of sp³-hybridized carbons (Fsp3) is 0.100. The molecule has 0 saturated heterocycles. The standard InChI is InChI=1S/C30H24NO/c1-19-15-26-28(32-29-16-20(2)23-11-7-8-12-24(23)30(26)29)18-25(19)27-17-22(13-14-31(27)3)21-9-5-4-6-10-21/h4-18H,1-3H3/q+1. The average Bonchev–Trinajstić information content (AvgIpc) is 3.17. The van der Waals surface area contributed by atoms with Crippen molar-refractivity contribution in [3.8, 4) is 22.4 Å². The number of nitrogens with zero attached hydrogens (tertiary/aromatic N) is 1. The summed E-state index contributed by atoms with van der Waals surface area (Å²) in [4.78, 5) is 0. The van der Waals surface area contributed by atoms with Gasteiger partial charge in [-0.3, -0.25) is 0 Å². The highest BCUT2D eigenvalue weighted by Gasteiger charge is 2.19. The van der Waals surface area contributed by atoms with Crippen molar-refractivity contribution >= 4 is 32.7 Å². The van der Waals surface area contributed by atoms with E-state index in [0.717, 1.165) is 11.2 Å². The van der Waals surface area contributed by atoms with Crippen LogP contribution in [0.3, 0.4) is 0 Å². The summed E-state index contributed by atoms with van der Waals surface area (Å²) in [7, 11) is 2.10. The van der Waals surface area contributed by atoms with Crippen LogP contribution in [0, 0.1) is 13.8 Å². The molecule has 6 aromatic rings. The second-order valence-electron chi connectivity index (χ2n) is 8.66. The first-order valence-electron chi connectivity index (χ1n) is 11.0. The molecular weight excluding hydrogens is 390 g/mol. The van der Waals surface area contributed by atoms with E-state index in [1.165, 1.54) is 55.1 Å². The molecule has 2 heteroatoms. The van der Waals surface area contributed by atoms with E-state index >= 15 is 0 Å². The van der Waals surface area contributed by atoms with Crippen LogP contribution >= 0.6 is 0 Å². The lowest BCUT2D eigenvalue weighted by atomic mass is 9.96. The second-order valence-corrected chi connectivity index (χ2v) is 8.66. The van der Waals surface area contributed by atoms with Gasteiger partial charge in [0, 0.05) is 22.9 Å². The van der Waals surface area contributed by atoms with E-state index in [4.69, 9.17) is 4.42 Å². The molecule has 0 amide bonds. The molecule has 0 unspecified atom stereocenters. The van der Waals surface area contributed by atoms with Crippen LogP contribution in [0.2, 0.25) is 0 Å². The number of furan rings is 1. The van der Waals surface area contributed by atoms with Gasteiger partial charge in [0.1, 0.15) is 18.2 Å². The Bertz CT molecular complexity index is 1640. The highest BCUT2D eigenvalue weighted by Crippen LogP contribution is 2.39. The maximum absolute atomic E-state index is 6.40. The number of pyridine rings is 1. The third-order valence-corrected chi connectivity index (χ3v) is 6.56. The van der Waals surface area contributed by atoms with Crippen molar-refractivity contribution in [3.63, 3.8) is 0 Å². The third kappa shape index (κ3) is 2.84. The van der Waals surface area contributed by atoms with Gasteiger partial charge < -0.3 is 4.42 Å². The molecule has 4 aromatic carbocycles. The van der Waals surface area contributed by atoms with Crippen LogP contribution in [-0.4, -0.2) is 0 Å². The van der Waals surface area contributed by atoms with Gasteiger partial charge in [-0.15, -0.1) is 0 Å². The summed E-state index contributed by atoms with van der Waals surface area (Å²) in [6.07, 6.45) is 2.14. The van der Waals surface area contributed by atoms with Crippen LogP contribution in [0.1, 0.15) is 11.1 Å². The van der Waals surface area contributed by atoms with E-state index in [9.17, 15) is 0 Å². The highest BCUT2D eigenvalue weighted by atomic mass is 16.3. The predicted octanol–water partition coefficient (Wildman–Crippen LogP) is 7.51. The Balaban J connectivity index is 1.61. The Hall–Kier alpha value is -3.91. The smallest absolute Gasteiger partial charge is 0.213 e. The summed E-state index contributed by atoms with van der Waals surface area (Å²) in [5.74, 6) is 0. The number of benzene rings is 4. The van der Waals surface area contributed by atoms with Crippen LogP contribution < -0.4 is 4.57 Å². The lowest BCUT2D eigenvalue weighted by Crippen LogP contribution is -2.30. The maximum atomic E-state index is 6.40. The first-order chi connectivity index (χ1) is 15.6. The Labute approximate surface area is 187 Å². The Morgan fingerprint density at radius 3 is 2.19 bits per heavy atom. The zero-order valence-corrected chi connectivity index (χ0v) is 18.5. The zero-order chi connectivity index (χ0) is 21.8. The molecule has 0 fully saturated rings. The minimum Gasteiger partial charge on any atom is -0.456 e. The van der Waals surface area contributed by atoms with Crippen LogP contribution in [0.25, 0.3) is 55.1 Å². The normalized spacial score (nSPS) is 11.6. The van der Waals surface area contributed by atoms with Gasteiger partial charge in [0.05, 0.1) is 5.56 Å². The summed E-state index contributed by atoms with van der Waals surface area (Å²) in [5.41, 5.74) is 9.17. The van der Waals surface area contributed by atoms with Crippen molar-refractivity contribution in [2.24, 2.45) is 7.05 Å². The first kappa shape index (κ1) is 18.8. The number of hydrogen-bond acceptors (Lipinski definition) is 1. The average molecular weight is 415 g/mol. The number of fused-ring (bicyclic) bond motifs is 5. The molecule has 2 heterocycles.